The summed E-state index contributed by atoms with van der Waals surface area (Å²) >= 11 is 1.80. The Hall–Kier alpha value is -0.180. The normalized spacial score (nSPS) is 11.6. The zero-order valence-electron chi connectivity index (χ0n) is 13.8. The molecule has 0 spiro atoms. The molecule has 0 atom stereocenters. The Morgan fingerprint density at radius 1 is 1.29 bits per heavy atom. The van der Waals surface area contributed by atoms with E-state index in [9.17, 15) is 4.79 Å². The van der Waals surface area contributed by atoms with Crippen LogP contribution in [0, 0.1) is 0 Å². The van der Waals surface area contributed by atoms with Crippen LogP contribution in [0.3, 0.4) is 0 Å². The van der Waals surface area contributed by atoms with Crippen LogP contribution in [0.15, 0.2) is 4.99 Å². The van der Waals surface area contributed by atoms with Crippen LogP contribution in [0.1, 0.15) is 40.5 Å². The zero-order chi connectivity index (χ0) is 15.4. The highest BCUT2D eigenvalue weighted by molar-refractivity contribution is 14.0. The average Bonchev–Trinajstić information content (AvgIpc) is 2.41. The van der Waals surface area contributed by atoms with E-state index in [1.54, 1.807) is 11.8 Å². The van der Waals surface area contributed by atoms with Crippen molar-refractivity contribution in [2.24, 2.45) is 4.99 Å². The molecule has 0 radical (unpaired) electrons. The van der Waals surface area contributed by atoms with Gasteiger partial charge in [0, 0.05) is 24.3 Å². The number of carbonyl (C=O) groups excluding carboxylic acids is 1. The molecule has 0 aliphatic rings. The fourth-order valence-electron chi connectivity index (χ4n) is 1.35. The van der Waals surface area contributed by atoms with E-state index >= 15 is 0 Å². The molecule has 0 amide bonds. The number of esters is 1. The van der Waals surface area contributed by atoms with Crippen LogP contribution in [-0.4, -0.2) is 49.2 Å². The maximum absolute atomic E-state index is 11.2. The van der Waals surface area contributed by atoms with E-state index in [2.05, 4.69) is 35.7 Å². The SMILES string of the molecule is CCNC(=NCC(C)(C)SC)NCCCC(=O)OCC.I. The molecule has 0 heterocycles. The fraction of sp³-hybridized carbons (Fsp3) is 0.857. The van der Waals surface area contributed by atoms with Crippen LogP contribution >= 0.6 is 35.7 Å². The molecule has 7 heteroatoms. The summed E-state index contributed by atoms with van der Waals surface area (Å²) in [6.45, 7) is 10.9. The summed E-state index contributed by atoms with van der Waals surface area (Å²) in [5.74, 6) is 0.665. The third kappa shape index (κ3) is 13.2. The first kappa shape index (κ1) is 23.1. The summed E-state index contributed by atoms with van der Waals surface area (Å²) in [4.78, 5) is 15.8. The van der Waals surface area contributed by atoms with Gasteiger partial charge < -0.3 is 15.4 Å². The van der Waals surface area contributed by atoms with Gasteiger partial charge >= 0.3 is 5.97 Å². The Kier molecular flexibility index (Phi) is 14.8. The molecule has 0 saturated heterocycles. The van der Waals surface area contributed by atoms with Crippen LogP contribution < -0.4 is 10.6 Å². The highest BCUT2D eigenvalue weighted by Gasteiger charge is 2.15. The van der Waals surface area contributed by atoms with Gasteiger partial charge in [0.05, 0.1) is 13.2 Å². The Bertz CT molecular complexity index is 313. The molecular formula is C14H30IN3O2S. The van der Waals surface area contributed by atoms with Gasteiger partial charge in [0.25, 0.3) is 0 Å². The maximum atomic E-state index is 11.2. The molecule has 126 valence electrons. The first-order chi connectivity index (χ1) is 9.45. The van der Waals surface area contributed by atoms with E-state index in [4.69, 9.17) is 4.74 Å². The van der Waals surface area contributed by atoms with Gasteiger partial charge in [-0.3, -0.25) is 9.79 Å². The second-order valence-corrected chi connectivity index (χ2v) is 6.51. The number of ether oxygens (including phenoxy) is 1. The van der Waals surface area contributed by atoms with Crippen molar-refractivity contribution in [1.82, 2.24) is 10.6 Å². The molecule has 0 aliphatic carbocycles. The monoisotopic (exact) mass is 431 g/mol. The summed E-state index contributed by atoms with van der Waals surface area (Å²) in [5, 5.41) is 6.44. The molecule has 0 aromatic carbocycles. The summed E-state index contributed by atoms with van der Waals surface area (Å²) in [6.07, 6.45) is 3.28. The molecule has 0 aromatic rings. The second kappa shape index (κ2) is 13.5. The van der Waals surface area contributed by atoms with Crippen LogP contribution in [0.5, 0.6) is 0 Å². The summed E-state index contributed by atoms with van der Waals surface area (Å²) in [7, 11) is 0. The van der Waals surface area contributed by atoms with Crippen LogP contribution in [0.4, 0.5) is 0 Å². The molecule has 0 fully saturated rings. The molecule has 0 bridgehead atoms. The van der Waals surface area contributed by atoms with E-state index in [0.717, 1.165) is 25.5 Å². The highest BCUT2D eigenvalue weighted by atomic mass is 127. The van der Waals surface area contributed by atoms with Gasteiger partial charge in [-0.25, -0.2) is 0 Å². The molecular weight excluding hydrogens is 401 g/mol. The number of aliphatic imine (C=N–C) groups is 1. The van der Waals surface area contributed by atoms with Gasteiger partial charge in [0.1, 0.15) is 0 Å². The van der Waals surface area contributed by atoms with Gasteiger partial charge in [-0.2, -0.15) is 11.8 Å². The van der Waals surface area contributed by atoms with Crippen molar-refractivity contribution in [3.8, 4) is 0 Å². The number of carbonyl (C=O) groups is 1. The number of hydrogen-bond acceptors (Lipinski definition) is 4. The van der Waals surface area contributed by atoms with Crippen molar-refractivity contribution in [2.45, 2.75) is 45.3 Å². The molecule has 0 aromatic heterocycles. The van der Waals surface area contributed by atoms with Gasteiger partial charge in [0.2, 0.25) is 0 Å². The van der Waals surface area contributed by atoms with E-state index in [0.29, 0.717) is 19.6 Å². The number of halogens is 1. The van der Waals surface area contributed by atoms with Crippen LogP contribution in [0.25, 0.3) is 0 Å². The largest absolute Gasteiger partial charge is 0.466 e. The summed E-state index contributed by atoms with van der Waals surface area (Å²) in [6, 6.07) is 0. The third-order valence-corrected chi connectivity index (χ3v) is 3.90. The Morgan fingerprint density at radius 3 is 2.48 bits per heavy atom. The Labute approximate surface area is 150 Å². The quantitative estimate of drug-likeness (QED) is 0.193. The summed E-state index contributed by atoms with van der Waals surface area (Å²) < 4.78 is 5.02. The molecule has 2 N–H and O–H groups in total. The van der Waals surface area contributed by atoms with Gasteiger partial charge in [-0.05, 0) is 40.4 Å². The lowest BCUT2D eigenvalue weighted by Crippen LogP contribution is -2.39. The molecule has 0 aliphatic heterocycles. The van der Waals surface area contributed by atoms with Crippen molar-refractivity contribution in [2.75, 3.05) is 32.5 Å². The van der Waals surface area contributed by atoms with E-state index in [1.807, 2.05) is 13.8 Å². The average molecular weight is 431 g/mol. The van der Waals surface area contributed by atoms with Crippen molar-refractivity contribution in [1.29, 1.82) is 0 Å². The van der Waals surface area contributed by atoms with Crippen molar-refractivity contribution < 1.29 is 9.53 Å². The lowest BCUT2D eigenvalue weighted by atomic mass is 10.2. The number of nitrogens with one attached hydrogen (secondary N) is 2. The van der Waals surface area contributed by atoms with E-state index in [-0.39, 0.29) is 34.7 Å². The highest BCUT2D eigenvalue weighted by Crippen LogP contribution is 2.20. The second-order valence-electron chi connectivity index (χ2n) is 4.99. The topological polar surface area (TPSA) is 62.7 Å². The minimum Gasteiger partial charge on any atom is -0.466 e. The number of guanidine groups is 1. The number of rotatable bonds is 9. The lowest BCUT2D eigenvalue weighted by Gasteiger charge is -2.20. The van der Waals surface area contributed by atoms with Crippen molar-refractivity contribution in [3.63, 3.8) is 0 Å². The van der Waals surface area contributed by atoms with Crippen LogP contribution in [0.2, 0.25) is 0 Å². The molecule has 5 nitrogen and oxygen atoms in total. The first-order valence-corrected chi connectivity index (χ1v) is 8.40. The summed E-state index contributed by atoms with van der Waals surface area (Å²) in [5.41, 5.74) is 0. The Balaban J connectivity index is 0. The molecule has 0 rings (SSSR count). The predicted octanol–water partition coefficient (Wildman–Crippen LogP) is 2.64. The zero-order valence-corrected chi connectivity index (χ0v) is 17.0. The standard InChI is InChI=1S/C14H29N3O2S.HI/c1-6-15-13(17-11-14(3,4)20-5)16-10-8-9-12(18)19-7-2;/h6-11H2,1-5H3,(H2,15,16,17);1H. The van der Waals surface area contributed by atoms with Crippen LogP contribution in [-0.2, 0) is 9.53 Å². The van der Waals surface area contributed by atoms with Gasteiger partial charge in [-0.15, -0.1) is 24.0 Å². The van der Waals surface area contributed by atoms with Gasteiger partial charge in [-0.1, -0.05) is 0 Å². The lowest BCUT2D eigenvalue weighted by molar-refractivity contribution is -0.143. The smallest absolute Gasteiger partial charge is 0.305 e. The number of nitrogens with zero attached hydrogens (tertiary/aromatic N) is 1. The van der Waals surface area contributed by atoms with E-state index < -0.39 is 0 Å². The maximum Gasteiger partial charge on any atom is 0.305 e. The minimum atomic E-state index is -0.139. The molecule has 21 heavy (non-hydrogen) atoms. The third-order valence-electron chi connectivity index (χ3n) is 2.67. The Morgan fingerprint density at radius 2 is 1.95 bits per heavy atom. The van der Waals surface area contributed by atoms with Crippen molar-refractivity contribution in [3.05, 3.63) is 0 Å². The molecule has 0 saturated carbocycles. The fourth-order valence-corrected chi connectivity index (χ4v) is 1.54. The first-order valence-electron chi connectivity index (χ1n) is 7.18. The number of hydrogen-bond donors (Lipinski definition) is 2. The molecule has 0 unspecified atom stereocenters. The predicted molar refractivity (Wildman–Crippen MR) is 103 cm³/mol. The van der Waals surface area contributed by atoms with Gasteiger partial charge in [0.15, 0.2) is 5.96 Å². The minimum absolute atomic E-state index is 0. The number of thioether (sulfide) groups is 1. The van der Waals surface area contributed by atoms with E-state index in [1.165, 1.54) is 0 Å². The van der Waals surface area contributed by atoms with Crippen molar-refractivity contribution >= 4 is 47.7 Å².